The average molecular weight is 456 g/mol. The smallest absolute Gasteiger partial charge is 0.253 e. The van der Waals surface area contributed by atoms with Gasteiger partial charge in [-0.2, -0.15) is 5.10 Å². The fourth-order valence-electron chi connectivity index (χ4n) is 2.96. The SMILES string of the molecule is C/C=C\N.C=C/C=C\C(F)=C(/C)CN1CC(=C)C(c2ncc(N3CCOCC3=O)c(N)n2)=N1. The number of anilines is 2. The van der Waals surface area contributed by atoms with Crippen molar-refractivity contribution in [2.24, 2.45) is 10.8 Å². The zero-order chi connectivity index (χ0) is 24.4. The van der Waals surface area contributed by atoms with E-state index in [0.717, 1.165) is 0 Å². The third kappa shape index (κ3) is 6.84. The number of nitrogens with two attached hydrogens (primary N) is 2. The Morgan fingerprint density at radius 2 is 2.15 bits per heavy atom. The van der Waals surface area contributed by atoms with Crippen LogP contribution in [-0.2, 0) is 9.53 Å². The van der Waals surface area contributed by atoms with Gasteiger partial charge in [0.15, 0.2) is 11.6 Å². The van der Waals surface area contributed by atoms with Crippen LogP contribution in [0.15, 0.2) is 71.9 Å². The number of allylic oxidation sites excluding steroid dienone is 5. The summed E-state index contributed by atoms with van der Waals surface area (Å²) in [6.45, 7) is 12.7. The van der Waals surface area contributed by atoms with Crippen molar-refractivity contribution in [3.63, 3.8) is 0 Å². The van der Waals surface area contributed by atoms with Crippen LogP contribution in [0.25, 0.3) is 0 Å². The number of carbonyl (C=O) groups excluding carboxylic acids is 1. The Kier molecular flexibility index (Phi) is 9.49. The molecule has 0 aliphatic carbocycles. The van der Waals surface area contributed by atoms with E-state index in [0.29, 0.717) is 54.6 Å². The highest BCUT2D eigenvalue weighted by molar-refractivity contribution is 6.11. The molecule has 3 heterocycles. The number of carbonyl (C=O) groups is 1. The maximum Gasteiger partial charge on any atom is 0.253 e. The van der Waals surface area contributed by atoms with E-state index >= 15 is 0 Å². The van der Waals surface area contributed by atoms with Crippen LogP contribution in [0, 0.1) is 0 Å². The summed E-state index contributed by atoms with van der Waals surface area (Å²) in [4.78, 5) is 22.1. The van der Waals surface area contributed by atoms with Crippen molar-refractivity contribution < 1.29 is 13.9 Å². The molecule has 0 saturated carbocycles. The monoisotopic (exact) mass is 455 g/mol. The predicted octanol–water partition coefficient (Wildman–Crippen LogP) is 2.46. The van der Waals surface area contributed by atoms with Crippen LogP contribution in [0.3, 0.4) is 0 Å². The number of rotatable bonds is 6. The summed E-state index contributed by atoms with van der Waals surface area (Å²) in [7, 11) is 0. The number of hydrogen-bond acceptors (Lipinski definition) is 8. The molecule has 0 atom stereocenters. The number of hydrogen-bond donors (Lipinski definition) is 2. The van der Waals surface area contributed by atoms with Crippen LogP contribution in [0.2, 0.25) is 0 Å². The molecule has 4 N–H and O–H groups in total. The number of hydrazone groups is 1. The minimum atomic E-state index is -0.334. The molecule has 0 bridgehead atoms. The number of halogens is 1. The van der Waals surface area contributed by atoms with Crippen LogP contribution in [0.4, 0.5) is 15.9 Å². The van der Waals surface area contributed by atoms with Crippen molar-refractivity contribution >= 4 is 23.1 Å². The molecule has 0 unspecified atom stereocenters. The van der Waals surface area contributed by atoms with E-state index in [1.165, 1.54) is 35.5 Å². The normalized spacial score (nSPS) is 17.2. The fourth-order valence-corrected chi connectivity index (χ4v) is 2.96. The van der Waals surface area contributed by atoms with E-state index in [9.17, 15) is 9.18 Å². The van der Waals surface area contributed by atoms with Gasteiger partial charge in [0.25, 0.3) is 5.91 Å². The fraction of sp³-hybridized carbons (Fsp3) is 0.304. The third-order valence-electron chi connectivity index (χ3n) is 4.63. The predicted molar refractivity (Wildman–Crippen MR) is 129 cm³/mol. The minimum Gasteiger partial charge on any atom is -0.405 e. The van der Waals surface area contributed by atoms with Crippen molar-refractivity contribution in [1.82, 2.24) is 15.0 Å². The van der Waals surface area contributed by atoms with Crippen LogP contribution in [-0.4, -0.2) is 59.4 Å². The van der Waals surface area contributed by atoms with Gasteiger partial charge in [0.2, 0.25) is 0 Å². The molecule has 1 fully saturated rings. The highest BCUT2D eigenvalue weighted by Crippen LogP contribution is 2.24. The second-order valence-electron chi connectivity index (χ2n) is 7.19. The Bertz CT molecular complexity index is 1010. The standard InChI is InChI=1S/C20H23FN6O2.C3H7N/c1-4-5-6-15(21)13(2)10-26-11-14(3)18(25-26)20-23-9-16(19(22)24-20)27-7-8-29-12-17(27)28;1-2-3-4/h4-6,9H,1,3,7-8,10-12H2,2H3,(H2,22,23,24);2-3H,4H2,1H3/b6-5-,15-13-;3-2-. The molecule has 2 aliphatic heterocycles. The Morgan fingerprint density at radius 1 is 1.42 bits per heavy atom. The first kappa shape index (κ1) is 25.5. The van der Waals surface area contributed by atoms with E-state index in [2.05, 4.69) is 28.2 Å². The molecule has 2 aliphatic rings. The van der Waals surface area contributed by atoms with Gasteiger partial charge in [0, 0.05) is 6.54 Å². The van der Waals surface area contributed by atoms with Gasteiger partial charge in [0.05, 0.1) is 25.9 Å². The molecule has 0 radical (unpaired) electrons. The second kappa shape index (κ2) is 12.3. The molecule has 1 amide bonds. The Hall–Kier alpha value is -3.79. The van der Waals surface area contributed by atoms with Crippen molar-refractivity contribution in [3.05, 3.63) is 72.7 Å². The van der Waals surface area contributed by atoms with Crippen molar-refractivity contribution in [3.8, 4) is 0 Å². The molecule has 1 saturated heterocycles. The van der Waals surface area contributed by atoms with E-state index in [1.54, 1.807) is 18.0 Å². The van der Waals surface area contributed by atoms with Gasteiger partial charge in [-0.05, 0) is 37.3 Å². The van der Waals surface area contributed by atoms with Crippen LogP contribution in [0.1, 0.15) is 19.7 Å². The number of aromatic nitrogens is 2. The summed E-state index contributed by atoms with van der Waals surface area (Å²) in [6.07, 6.45) is 9.18. The highest BCUT2D eigenvalue weighted by Gasteiger charge is 2.26. The zero-order valence-electron chi connectivity index (χ0n) is 19.0. The quantitative estimate of drug-likeness (QED) is 0.632. The van der Waals surface area contributed by atoms with Gasteiger partial charge in [-0.3, -0.25) is 9.80 Å². The first-order valence-electron chi connectivity index (χ1n) is 10.3. The van der Waals surface area contributed by atoms with Gasteiger partial charge in [-0.25, -0.2) is 14.4 Å². The Balaban J connectivity index is 0.000000890. The lowest BCUT2D eigenvalue weighted by Gasteiger charge is -2.27. The lowest BCUT2D eigenvalue weighted by Crippen LogP contribution is -2.42. The molecule has 0 spiro atoms. The van der Waals surface area contributed by atoms with Gasteiger partial charge in [-0.1, -0.05) is 31.4 Å². The topological polar surface area (TPSA) is 123 Å². The highest BCUT2D eigenvalue weighted by atomic mass is 19.1. The second-order valence-corrected chi connectivity index (χ2v) is 7.19. The minimum absolute atomic E-state index is 0.00504. The molecule has 1 aromatic heterocycles. The van der Waals surface area contributed by atoms with Crippen LogP contribution in [0.5, 0.6) is 0 Å². The summed E-state index contributed by atoms with van der Waals surface area (Å²) in [5, 5.41) is 6.15. The van der Waals surface area contributed by atoms with E-state index in [4.69, 9.17) is 16.2 Å². The molecule has 33 heavy (non-hydrogen) atoms. The van der Waals surface area contributed by atoms with Crippen molar-refractivity contribution in [2.45, 2.75) is 13.8 Å². The number of morpholine rings is 1. The molecular formula is C23H30FN7O2. The van der Waals surface area contributed by atoms with Gasteiger partial charge >= 0.3 is 0 Å². The van der Waals surface area contributed by atoms with Gasteiger partial charge < -0.3 is 21.1 Å². The number of nitrogens with zero attached hydrogens (tertiary/aromatic N) is 5. The first-order valence-corrected chi connectivity index (χ1v) is 10.3. The van der Waals surface area contributed by atoms with E-state index < -0.39 is 0 Å². The maximum atomic E-state index is 14.0. The van der Waals surface area contributed by atoms with Crippen LogP contribution < -0.4 is 16.4 Å². The zero-order valence-corrected chi connectivity index (χ0v) is 19.0. The number of ether oxygens (including phenoxy) is 1. The largest absolute Gasteiger partial charge is 0.405 e. The molecule has 0 aromatic carbocycles. The van der Waals surface area contributed by atoms with E-state index in [-0.39, 0.29) is 24.2 Å². The Morgan fingerprint density at radius 3 is 2.76 bits per heavy atom. The Labute approximate surface area is 193 Å². The number of amides is 1. The molecule has 10 heteroatoms. The van der Waals surface area contributed by atoms with Crippen molar-refractivity contribution in [2.75, 3.05) is 43.5 Å². The first-order chi connectivity index (χ1) is 15.8. The summed E-state index contributed by atoms with van der Waals surface area (Å²) in [5.74, 6) is -0.0360. The molecule has 9 nitrogen and oxygen atoms in total. The summed E-state index contributed by atoms with van der Waals surface area (Å²) >= 11 is 0. The molecule has 1 aromatic rings. The third-order valence-corrected chi connectivity index (χ3v) is 4.63. The summed E-state index contributed by atoms with van der Waals surface area (Å²) in [5.41, 5.74) is 13.1. The van der Waals surface area contributed by atoms with Gasteiger partial charge in [-0.15, -0.1) is 0 Å². The summed E-state index contributed by atoms with van der Waals surface area (Å²) < 4.78 is 19.2. The van der Waals surface area contributed by atoms with Crippen LogP contribution >= 0.6 is 0 Å². The van der Waals surface area contributed by atoms with Gasteiger partial charge in [0.1, 0.15) is 23.8 Å². The maximum absolute atomic E-state index is 14.0. The summed E-state index contributed by atoms with van der Waals surface area (Å²) in [6, 6.07) is 0. The van der Waals surface area contributed by atoms with E-state index in [1.807, 2.05) is 6.92 Å². The lowest BCUT2D eigenvalue weighted by molar-refractivity contribution is -0.125. The molecule has 3 rings (SSSR count). The van der Waals surface area contributed by atoms with Crippen molar-refractivity contribution in [1.29, 1.82) is 0 Å². The molecule has 176 valence electrons. The average Bonchev–Trinajstić information content (AvgIpc) is 3.17. The number of nitrogen functional groups attached to an aromatic ring is 1. The molecular weight excluding hydrogens is 425 g/mol. The lowest BCUT2D eigenvalue weighted by atomic mass is 10.2.